The zero-order chi connectivity index (χ0) is 15.1. The van der Waals surface area contributed by atoms with Crippen molar-refractivity contribution in [2.75, 3.05) is 32.6 Å². The zero-order valence-corrected chi connectivity index (χ0v) is 13.0. The van der Waals surface area contributed by atoms with Crippen LogP contribution >= 0.6 is 7.60 Å². The lowest BCUT2D eigenvalue weighted by atomic mass is 10.3. The van der Waals surface area contributed by atoms with Gasteiger partial charge in [0, 0.05) is 6.61 Å². The fourth-order valence-corrected chi connectivity index (χ4v) is 3.51. The van der Waals surface area contributed by atoms with E-state index in [4.69, 9.17) is 18.9 Å². The number of rotatable bonds is 11. The van der Waals surface area contributed by atoms with E-state index in [1.54, 1.807) is 13.8 Å². The van der Waals surface area contributed by atoms with Crippen LogP contribution in [0, 0.1) is 0 Å². The van der Waals surface area contributed by atoms with Crippen LogP contribution in [0.3, 0.4) is 0 Å². The van der Waals surface area contributed by atoms with Gasteiger partial charge in [-0.05, 0) is 33.1 Å². The van der Waals surface area contributed by atoms with Crippen LogP contribution in [0.25, 0.3) is 0 Å². The Hall–Kier alpha value is -0.620. The highest BCUT2D eigenvalue weighted by molar-refractivity contribution is 7.53. The molecule has 118 valence electrons. The van der Waals surface area contributed by atoms with Gasteiger partial charge < -0.3 is 24.2 Å². The number of nitrogens with one attached hydrogen (secondary N) is 1. The summed E-state index contributed by atoms with van der Waals surface area (Å²) < 4.78 is 27.9. The van der Waals surface area contributed by atoms with Crippen molar-refractivity contribution in [2.24, 2.45) is 0 Å². The van der Waals surface area contributed by atoms with Gasteiger partial charge in [0.05, 0.1) is 31.5 Å². The van der Waals surface area contributed by atoms with Crippen LogP contribution in [-0.4, -0.2) is 49.3 Å². The molecule has 0 spiro atoms. The van der Waals surface area contributed by atoms with Crippen molar-refractivity contribution in [1.29, 1.82) is 0 Å². The molecule has 0 aromatic rings. The van der Waals surface area contributed by atoms with Crippen LogP contribution in [0.15, 0.2) is 0 Å². The first-order chi connectivity index (χ1) is 9.45. The molecule has 1 aliphatic carbocycles. The normalized spacial score (nSPS) is 16.9. The standard InChI is InChI=1S/C12H24NO6P/c1-3-18-20(16,19-4-2)9-5-8-17-10-12(6-7-12)13-11(14)15/h13H,3-10H2,1-2H3,(H,14,15). The number of ether oxygens (including phenoxy) is 1. The molecule has 20 heavy (non-hydrogen) atoms. The van der Waals surface area contributed by atoms with E-state index >= 15 is 0 Å². The van der Waals surface area contributed by atoms with Crippen LogP contribution in [0.1, 0.15) is 33.1 Å². The summed E-state index contributed by atoms with van der Waals surface area (Å²) in [5.74, 6) is 0. The molecule has 0 unspecified atom stereocenters. The molecular formula is C12H24NO6P. The first-order valence-corrected chi connectivity index (χ1v) is 8.65. The van der Waals surface area contributed by atoms with Crippen molar-refractivity contribution in [1.82, 2.24) is 5.32 Å². The van der Waals surface area contributed by atoms with Crippen molar-refractivity contribution in [3.05, 3.63) is 0 Å². The quantitative estimate of drug-likeness (QED) is 0.450. The van der Waals surface area contributed by atoms with Gasteiger partial charge in [0.25, 0.3) is 0 Å². The second-order valence-electron chi connectivity index (χ2n) is 4.79. The molecule has 1 aliphatic rings. The second kappa shape index (κ2) is 7.98. The van der Waals surface area contributed by atoms with E-state index in [2.05, 4.69) is 5.32 Å². The molecule has 7 nitrogen and oxygen atoms in total. The lowest BCUT2D eigenvalue weighted by molar-refractivity contribution is 0.101. The Labute approximate surface area is 119 Å². The fraction of sp³-hybridized carbons (Fsp3) is 0.917. The number of hydrogen-bond acceptors (Lipinski definition) is 5. The first-order valence-electron chi connectivity index (χ1n) is 6.92. The van der Waals surface area contributed by atoms with Gasteiger partial charge in [0.15, 0.2) is 0 Å². The average molecular weight is 309 g/mol. The van der Waals surface area contributed by atoms with Crippen molar-refractivity contribution >= 4 is 13.7 Å². The molecule has 0 aliphatic heterocycles. The van der Waals surface area contributed by atoms with Gasteiger partial charge in [0.1, 0.15) is 0 Å². The predicted octanol–water partition coefficient (Wildman–Crippen LogP) is 2.46. The molecule has 0 heterocycles. The minimum absolute atomic E-state index is 0.314. The van der Waals surface area contributed by atoms with E-state index in [0.717, 1.165) is 12.8 Å². The van der Waals surface area contributed by atoms with Gasteiger partial charge in [0.2, 0.25) is 0 Å². The molecule has 0 bridgehead atoms. The third-order valence-corrected chi connectivity index (χ3v) is 5.14. The summed E-state index contributed by atoms with van der Waals surface area (Å²) in [5.41, 5.74) is -0.407. The van der Waals surface area contributed by atoms with Gasteiger partial charge in [-0.15, -0.1) is 0 Å². The molecule has 2 N–H and O–H groups in total. The summed E-state index contributed by atoms with van der Waals surface area (Å²) in [4.78, 5) is 10.6. The van der Waals surface area contributed by atoms with Gasteiger partial charge in [-0.25, -0.2) is 4.79 Å². The zero-order valence-electron chi connectivity index (χ0n) is 12.1. The summed E-state index contributed by atoms with van der Waals surface area (Å²) in [7, 11) is -3.00. The van der Waals surface area contributed by atoms with Gasteiger partial charge in [-0.1, -0.05) is 0 Å². The summed E-state index contributed by atoms with van der Waals surface area (Å²) >= 11 is 0. The smallest absolute Gasteiger partial charge is 0.405 e. The SMILES string of the molecule is CCOP(=O)(CCCOCC1(NC(=O)O)CC1)OCC. The lowest BCUT2D eigenvalue weighted by Gasteiger charge is -2.18. The highest BCUT2D eigenvalue weighted by atomic mass is 31.2. The molecule has 8 heteroatoms. The monoisotopic (exact) mass is 309 g/mol. The minimum Gasteiger partial charge on any atom is -0.465 e. The van der Waals surface area contributed by atoms with Crippen molar-refractivity contribution < 1.29 is 28.3 Å². The molecule has 0 saturated heterocycles. The Kier molecular flexibility index (Phi) is 6.95. The van der Waals surface area contributed by atoms with Crippen LogP contribution in [0.4, 0.5) is 4.79 Å². The van der Waals surface area contributed by atoms with Crippen LogP contribution in [0.5, 0.6) is 0 Å². The second-order valence-corrected chi connectivity index (χ2v) is 6.97. The molecule has 1 fully saturated rings. The van der Waals surface area contributed by atoms with Crippen molar-refractivity contribution in [3.63, 3.8) is 0 Å². The Balaban J connectivity index is 2.18. The van der Waals surface area contributed by atoms with E-state index in [-0.39, 0.29) is 0 Å². The van der Waals surface area contributed by atoms with Gasteiger partial charge >= 0.3 is 13.7 Å². The number of carboxylic acid groups (broad SMARTS) is 1. The Bertz CT molecular complexity index is 348. The molecule has 0 aromatic carbocycles. The molecular weight excluding hydrogens is 285 g/mol. The van der Waals surface area contributed by atoms with Crippen molar-refractivity contribution in [3.8, 4) is 0 Å². The van der Waals surface area contributed by atoms with E-state index < -0.39 is 19.2 Å². The molecule has 1 amide bonds. The molecule has 1 saturated carbocycles. The third kappa shape index (κ3) is 6.22. The highest BCUT2D eigenvalue weighted by Gasteiger charge is 2.44. The Morgan fingerprint density at radius 2 is 1.90 bits per heavy atom. The number of amides is 1. The first kappa shape index (κ1) is 17.4. The maximum absolute atomic E-state index is 12.1. The topological polar surface area (TPSA) is 94.1 Å². The molecule has 0 aromatic heterocycles. The average Bonchev–Trinajstić information content (AvgIpc) is 3.08. The summed E-state index contributed by atoms with van der Waals surface area (Å²) in [6.07, 6.45) is 1.45. The maximum atomic E-state index is 12.1. The highest BCUT2D eigenvalue weighted by Crippen LogP contribution is 2.48. The van der Waals surface area contributed by atoms with Crippen LogP contribution in [0.2, 0.25) is 0 Å². The van der Waals surface area contributed by atoms with Crippen LogP contribution in [-0.2, 0) is 18.3 Å². The maximum Gasteiger partial charge on any atom is 0.405 e. The summed E-state index contributed by atoms with van der Waals surface area (Å²) in [6, 6.07) is 0. The van der Waals surface area contributed by atoms with E-state index in [1.807, 2.05) is 0 Å². The lowest BCUT2D eigenvalue weighted by Crippen LogP contribution is -2.39. The summed E-state index contributed by atoms with van der Waals surface area (Å²) in [6.45, 7) is 5.01. The Morgan fingerprint density at radius 1 is 1.30 bits per heavy atom. The Morgan fingerprint density at radius 3 is 2.35 bits per heavy atom. The van der Waals surface area contributed by atoms with Gasteiger partial charge in [-0.2, -0.15) is 0 Å². The largest absolute Gasteiger partial charge is 0.465 e. The fourth-order valence-electron chi connectivity index (χ4n) is 1.87. The molecule has 0 radical (unpaired) electrons. The summed E-state index contributed by atoms with van der Waals surface area (Å²) in [5, 5.41) is 11.1. The third-order valence-electron chi connectivity index (χ3n) is 2.98. The van der Waals surface area contributed by atoms with E-state index in [1.165, 1.54) is 0 Å². The molecule has 1 rings (SSSR count). The van der Waals surface area contributed by atoms with E-state index in [0.29, 0.717) is 39.0 Å². The minimum atomic E-state index is -3.00. The molecule has 0 atom stereocenters. The number of carbonyl (C=O) groups is 1. The van der Waals surface area contributed by atoms with E-state index in [9.17, 15) is 9.36 Å². The predicted molar refractivity (Wildman–Crippen MR) is 74.3 cm³/mol. The van der Waals surface area contributed by atoms with Gasteiger partial charge in [-0.3, -0.25) is 4.57 Å². The van der Waals surface area contributed by atoms with Crippen molar-refractivity contribution in [2.45, 2.75) is 38.6 Å². The number of hydrogen-bond donors (Lipinski definition) is 2. The van der Waals surface area contributed by atoms with Crippen LogP contribution < -0.4 is 5.32 Å².